The van der Waals surface area contributed by atoms with Crippen LogP contribution in [0, 0.1) is 11.3 Å². The summed E-state index contributed by atoms with van der Waals surface area (Å²) in [7, 11) is 0. The Morgan fingerprint density at radius 3 is 2.48 bits per heavy atom. The van der Waals surface area contributed by atoms with E-state index >= 15 is 0 Å². The normalized spacial score (nSPS) is 19.6. The molecule has 3 heteroatoms. The molecule has 1 aliphatic rings. The van der Waals surface area contributed by atoms with Gasteiger partial charge < -0.3 is 10.6 Å². The second-order valence-electron chi connectivity index (χ2n) is 7.00. The number of rotatable bonds is 4. The van der Waals surface area contributed by atoms with Gasteiger partial charge in [0.15, 0.2) is 0 Å². The molecule has 1 aromatic rings. The number of carbonyl (C=O) groups is 1. The van der Waals surface area contributed by atoms with Crippen molar-refractivity contribution in [3.05, 3.63) is 29.8 Å². The standard InChI is InChI=1S/C18H28N2O/c1-13(2)14-7-9-16(10-8-14)20-17(21)18(3,4)15-6-5-11-19-12-15/h7-10,13,15,19H,5-6,11-12H2,1-4H3,(H,20,21). The van der Waals surface area contributed by atoms with E-state index in [4.69, 9.17) is 0 Å². The highest BCUT2D eigenvalue weighted by Gasteiger charge is 2.37. The summed E-state index contributed by atoms with van der Waals surface area (Å²) in [6.07, 6.45) is 2.28. The number of hydrogen-bond acceptors (Lipinski definition) is 2. The van der Waals surface area contributed by atoms with Gasteiger partial charge in [-0.1, -0.05) is 39.8 Å². The van der Waals surface area contributed by atoms with Crippen LogP contribution in [0.1, 0.15) is 52.0 Å². The molecule has 1 heterocycles. The third kappa shape index (κ3) is 3.85. The molecule has 0 spiro atoms. The fraction of sp³-hybridized carbons (Fsp3) is 0.611. The molecule has 0 radical (unpaired) electrons. The molecule has 21 heavy (non-hydrogen) atoms. The monoisotopic (exact) mass is 288 g/mol. The third-order valence-electron chi connectivity index (χ3n) is 4.74. The number of amides is 1. The first-order valence-corrected chi connectivity index (χ1v) is 8.03. The maximum atomic E-state index is 12.6. The van der Waals surface area contributed by atoms with Gasteiger partial charge in [-0.25, -0.2) is 0 Å². The summed E-state index contributed by atoms with van der Waals surface area (Å²) in [5.74, 6) is 1.04. The molecule has 1 fully saturated rings. The van der Waals surface area contributed by atoms with Crippen molar-refractivity contribution in [1.82, 2.24) is 5.32 Å². The Morgan fingerprint density at radius 2 is 1.95 bits per heavy atom. The number of hydrogen-bond donors (Lipinski definition) is 2. The lowest BCUT2D eigenvalue weighted by Crippen LogP contribution is -2.44. The Bertz CT molecular complexity index is 470. The van der Waals surface area contributed by atoms with Crippen LogP contribution in [0.2, 0.25) is 0 Å². The Hall–Kier alpha value is -1.35. The van der Waals surface area contributed by atoms with Gasteiger partial charge in [-0.05, 0) is 55.5 Å². The lowest BCUT2D eigenvalue weighted by Gasteiger charge is -2.36. The van der Waals surface area contributed by atoms with Crippen LogP contribution in [0.4, 0.5) is 5.69 Å². The highest BCUT2D eigenvalue weighted by Crippen LogP contribution is 2.33. The summed E-state index contributed by atoms with van der Waals surface area (Å²) >= 11 is 0. The van der Waals surface area contributed by atoms with Crippen molar-refractivity contribution in [3.63, 3.8) is 0 Å². The van der Waals surface area contributed by atoms with E-state index in [-0.39, 0.29) is 11.3 Å². The summed E-state index contributed by atoms with van der Waals surface area (Å²) in [4.78, 5) is 12.6. The first-order valence-electron chi connectivity index (χ1n) is 8.03. The average Bonchev–Trinajstić information content (AvgIpc) is 2.48. The molecule has 1 saturated heterocycles. The molecule has 116 valence electrons. The summed E-state index contributed by atoms with van der Waals surface area (Å²) in [5.41, 5.74) is 1.84. The van der Waals surface area contributed by atoms with E-state index in [0.29, 0.717) is 11.8 Å². The minimum absolute atomic E-state index is 0.119. The van der Waals surface area contributed by atoms with Gasteiger partial charge in [0.1, 0.15) is 0 Å². The number of anilines is 1. The lowest BCUT2D eigenvalue weighted by molar-refractivity contribution is -0.127. The van der Waals surface area contributed by atoms with Crippen LogP contribution in [-0.4, -0.2) is 19.0 Å². The molecule has 1 amide bonds. The van der Waals surface area contributed by atoms with Gasteiger partial charge in [-0.3, -0.25) is 4.79 Å². The van der Waals surface area contributed by atoms with E-state index in [1.54, 1.807) is 0 Å². The number of nitrogens with one attached hydrogen (secondary N) is 2. The summed E-state index contributed by atoms with van der Waals surface area (Å²) in [5, 5.41) is 6.48. The lowest BCUT2D eigenvalue weighted by atomic mass is 9.74. The zero-order chi connectivity index (χ0) is 15.5. The zero-order valence-electron chi connectivity index (χ0n) is 13.7. The van der Waals surface area contributed by atoms with Gasteiger partial charge in [-0.15, -0.1) is 0 Å². The highest BCUT2D eigenvalue weighted by molar-refractivity contribution is 5.95. The molecule has 1 aliphatic heterocycles. The van der Waals surface area contributed by atoms with Crippen LogP contribution < -0.4 is 10.6 Å². The molecular formula is C18H28N2O. The molecule has 2 rings (SSSR count). The SMILES string of the molecule is CC(C)c1ccc(NC(=O)C(C)(C)C2CCCNC2)cc1. The smallest absolute Gasteiger partial charge is 0.230 e. The number of benzene rings is 1. The fourth-order valence-corrected chi connectivity index (χ4v) is 2.90. The predicted octanol–water partition coefficient (Wildman–Crippen LogP) is 3.77. The van der Waals surface area contributed by atoms with E-state index in [9.17, 15) is 4.79 Å². The topological polar surface area (TPSA) is 41.1 Å². The van der Waals surface area contributed by atoms with Gasteiger partial charge in [-0.2, -0.15) is 0 Å². The van der Waals surface area contributed by atoms with Crippen molar-refractivity contribution >= 4 is 11.6 Å². The van der Waals surface area contributed by atoms with Crippen molar-refractivity contribution in [3.8, 4) is 0 Å². The predicted molar refractivity (Wildman–Crippen MR) is 88.5 cm³/mol. The highest BCUT2D eigenvalue weighted by atomic mass is 16.2. The van der Waals surface area contributed by atoms with Crippen LogP contribution in [0.5, 0.6) is 0 Å². The first-order chi connectivity index (χ1) is 9.91. The summed E-state index contributed by atoms with van der Waals surface area (Å²) in [6, 6.07) is 8.19. The average molecular weight is 288 g/mol. The molecular weight excluding hydrogens is 260 g/mol. The largest absolute Gasteiger partial charge is 0.326 e. The van der Waals surface area contributed by atoms with Crippen LogP contribution in [0.15, 0.2) is 24.3 Å². The second kappa shape index (κ2) is 6.61. The zero-order valence-corrected chi connectivity index (χ0v) is 13.7. The Labute approximate surface area is 128 Å². The molecule has 1 unspecified atom stereocenters. The Morgan fingerprint density at radius 1 is 1.29 bits per heavy atom. The van der Waals surface area contributed by atoms with Gasteiger partial charge in [0.05, 0.1) is 0 Å². The number of piperidine rings is 1. The van der Waals surface area contributed by atoms with Crippen molar-refractivity contribution in [1.29, 1.82) is 0 Å². The van der Waals surface area contributed by atoms with E-state index in [1.807, 2.05) is 12.1 Å². The van der Waals surface area contributed by atoms with E-state index in [0.717, 1.165) is 31.6 Å². The molecule has 1 atom stereocenters. The van der Waals surface area contributed by atoms with Gasteiger partial charge >= 0.3 is 0 Å². The van der Waals surface area contributed by atoms with Crippen LogP contribution in [0.3, 0.4) is 0 Å². The summed E-state index contributed by atoms with van der Waals surface area (Å²) in [6.45, 7) is 10.5. The van der Waals surface area contributed by atoms with Gasteiger partial charge in [0.25, 0.3) is 0 Å². The maximum Gasteiger partial charge on any atom is 0.230 e. The number of carbonyl (C=O) groups excluding carboxylic acids is 1. The van der Waals surface area contributed by atoms with Crippen molar-refractivity contribution < 1.29 is 4.79 Å². The second-order valence-corrected chi connectivity index (χ2v) is 7.00. The van der Waals surface area contributed by atoms with Gasteiger partial charge in [0.2, 0.25) is 5.91 Å². The minimum Gasteiger partial charge on any atom is -0.326 e. The maximum absolute atomic E-state index is 12.6. The fourth-order valence-electron chi connectivity index (χ4n) is 2.90. The first kappa shape index (κ1) is 16.0. The van der Waals surface area contributed by atoms with E-state index < -0.39 is 0 Å². The van der Waals surface area contributed by atoms with Crippen LogP contribution >= 0.6 is 0 Å². The van der Waals surface area contributed by atoms with Gasteiger partial charge in [0, 0.05) is 11.1 Å². The molecule has 3 nitrogen and oxygen atoms in total. The van der Waals surface area contributed by atoms with Crippen molar-refractivity contribution in [2.45, 2.75) is 46.5 Å². The molecule has 2 N–H and O–H groups in total. The summed E-state index contributed by atoms with van der Waals surface area (Å²) < 4.78 is 0. The Balaban J connectivity index is 2.02. The molecule has 0 aliphatic carbocycles. The quantitative estimate of drug-likeness (QED) is 0.885. The van der Waals surface area contributed by atoms with Crippen LogP contribution in [0.25, 0.3) is 0 Å². The minimum atomic E-state index is -0.343. The van der Waals surface area contributed by atoms with E-state index in [1.165, 1.54) is 5.56 Å². The third-order valence-corrected chi connectivity index (χ3v) is 4.74. The molecule has 0 aromatic heterocycles. The van der Waals surface area contributed by atoms with Crippen molar-refractivity contribution in [2.24, 2.45) is 11.3 Å². The van der Waals surface area contributed by atoms with E-state index in [2.05, 4.69) is 50.5 Å². The van der Waals surface area contributed by atoms with Crippen molar-refractivity contribution in [2.75, 3.05) is 18.4 Å². The van der Waals surface area contributed by atoms with Crippen LogP contribution in [-0.2, 0) is 4.79 Å². The Kier molecular flexibility index (Phi) is 5.04. The molecule has 0 bridgehead atoms. The molecule has 0 saturated carbocycles. The molecule has 1 aromatic carbocycles.